The van der Waals surface area contributed by atoms with Crippen molar-refractivity contribution in [2.45, 2.75) is 75.0 Å². The van der Waals surface area contributed by atoms with Gasteiger partial charge in [0.05, 0.1) is 21.1 Å². The van der Waals surface area contributed by atoms with Crippen molar-refractivity contribution in [2.24, 2.45) is 0 Å². The molecule has 2 saturated carbocycles. The van der Waals surface area contributed by atoms with Gasteiger partial charge in [-0.1, -0.05) is 87.1 Å². The number of benzene rings is 2. The Bertz CT molecular complexity index is 2120. The van der Waals surface area contributed by atoms with Crippen LogP contribution >= 0.6 is 22.7 Å². The number of carbonyl (C=O) groups is 4. The fourth-order valence-electron chi connectivity index (χ4n) is 9.55. The highest BCUT2D eigenvalue weighted by Gasteiger charge is 2.60. The van der Waals surface area contributed by atoms with Crippen LogP contribution in [0.25, 0.3) is 34.4 Å². The molecule has 0 saturated heterocycles. The van der Waals surface area contributed by atoms with Gasteiger partial charge in [0.15, 0.2) is 0 Å². The Morgan fingerprint density at radius 1 is 0.500 bits per heavy atom. The Hall–Kier alpha value is -4.40. The van der Waals surface area contributed by atoms with E-state index < -0.39 is 23.1 Å². The molecule has 48 heavy (non-hydrogen) atoms. The summed E-state index contributed by atoms with van der Waals surface area (Å²) in [6, 6.07) is 14.5. The molecule has 0 atom stereocenters. The van der Waals surface area contributed by atoms with E-state index in [0.29, 0.717) is 33.4 Å². The maximum Gasteiger partial charge on any atom is 0.234 e. The number of hydrogen-bond acceptors (Lipinski definition) is 8. The van der Waals surface area contributed by atoms with Gasteiger partial charge in [-0.2, -0.15) is 0 Å². The van der Waals surface area contributed by atoms with Crippen molar-refractivity contribution in [3.63, 3.8) is 0 Å². The van der Waals surface area contributed by atoms with Crippen molar-refractivity contribution in [3.05, 3.63) is 102 Å². The monoisotopic (exact) mass is 666 g/mol. The molecule has 0 aliphatic heterocycles. The van der Waals surface area contributed by atoms with Crippen molar-refractivity contribution in [3.8, 4) is 0 Å². The van der Waals surface area contributed by atoms with Gasteiger partial charge in [-0.25, -0.2) is 9.97 Å². The maximum absolute atomic E-state index is 13.1. The summed E-state index contributed by atoms with van der Waals surface area (Å²) in [6.07, 6.45) is 14.6. The molecule has 2 heterocycles. The van der Waals surface area contributed by atoms with E-state index in [0.717, 1.165) is 72.8 Å². The molecule has 0 bridgehead atoms. The highest BCUT2D eigenvalue weighted by molar-refractivity contribution is 7.15. The molecule has 0 unspecified atom stereocenters. The van der Waals surface area contributed by atoms with E-state index in [9.17, 15) is 19.2 Å². The second kappa shape index (κ2) is 10.1. The third-order valence-electron chi connectivity index (χ3n) is 11.6. The lowest BCUT2D eigenvalue weighted by Crippen LogP contribution is -2.29. The van der Waals surface area contributed by atoms with Crippen molar-refractivity contribution < 1.29 is 19.2 Å². The quantitative estimate of drug-likeness (QED) is 0.157. The zero-order chi connectivity index (χ0) is 32.4. The van der Waals surface area contributed by atoms with Crippen LogP contribution in [0.15, 0.2) is 48.5 Å². The Labute approximate surface area is 285 Å². The molecule has 2 aromatic heterocycles. The molecule has 2 fully saturated rings. The summed E-state index contributed by atoms with van der Waals surface area (Å²) in [5.41, 5.74) is 7.85. The SMILES string of the molecule is O=C1C(=O)c2ccccc2/C1=C/c1nc2c(s1)C1=C(c3sc(/C=C4\C(=O)C(=O)c5ccccc54)nc3C13CCCCC3)C21CCCCC1. The van der Waals surface area contributed by atoms with Crippen LogP contribution in [0.2, 0.25) is 0 Å². The van der Waals surface area contributed by atoms with Crippen LogP contribution < -0.4 is 0 Å². The van der Waals surface area contributed by atoms with E-state index in [2.05, 4.69) is 0 Å². The smallest absolute Gasteiger partial charge is 0.234 e. The first-order chi connectivity index (χ1) is 23.4. The first-order valence-corrected chi connectivity index (χ1v) is 18.6. The van der Waals surface area contributed by atoms with Crippen molar-refractivity contribution in [2.75, 3.05) is 0 Å². The van der Waals surface area contributed by atoms with E-state index in [-0.39, 0.29) is 10.8 Å². The minimum atomic E-state index is -0.457. The summed E-state index contributed by atoms with van der Waals surface area (Å²) in [5, 5.41) is 1.57. The predicted molar refractivity (Wildman–Crippen MR) is 188 cm³/mol. The van der Waals surface area contributed by atoms with Crippen molar-refractivity contribution in [1.29, 1.82) is 0 Å². The highest BCUT2D eigenvalue weighted by Crippen LogP contribution is 2.70. The second-order valence-electron chi connectivity index (χ2n) is 14.0. The van der Waals surface area contributed by atoms with Gasteiger partial charge >= 0.3 is 0 Å². The van der Waals surface area contributed by atoms with Gasteiger partial charge in [0, 0.05) is 33.1 Å². The van der Waals surface area contributed by atoms with E-state index >= 15 is 0 Å². The maximum atomic E-state index is 13.1. The molecule has 6 aliphatic rings. The Kier molecular flexibility index (Phi) is 5.99. The molecule has 8 heteroatoms. The van der Waals surface area contributed by atoms with Crippen molar-refractivity contribution >= 4 is 80.3 Å². The number of hydrogen-bond donors (Lipinski definition) is 0. The molecule has 4 aromatic rings. The van der Waals surface area contributed by atoms with Crippen LogP contribution in [0.5, 0.6) is 0 Å². The fourth-order valence-corrected chi connectivity index (χ4v) is 12.1. The van der Waals surface area contributed by atoms with Crippen LogP contribution in [0.4, 0.5) is 0 Å². The van der Waals surface area contributed by atoms with E-state index in [4.69, 9.17) is 9.97 Å². The van der Waals surface area contributed by atoms with Gasteiger partial charge in [-0.15, -0.1) is 22.7 Å². The van der Waals surface area contributed by atoms with Gasteiger partial charge in [0.1, 0.15) is 10.0 Å². The number of carbonyl (C=O) groups excluding carboxylic acids is 4. The number of allylic oxidation sites excluding steroid dienone is 4. The first kappa shape index (κ1) is 28.6. The van der Waals surface area contributed by atoms with E-state index in [1.165, 1.54) is 33.7 Å². The summed E-state index contributed by atoms with van der Waals surface area (Å²) in [6.45, 7) is 0. The van der Waals surface area contributed by atoms with Crippen LogP contribution in [0.1, 0.15) is 127 Å². The number of nitrogens with zero attached hydrogens (tertiary/aromatic N) is 2. The Balaban J connectivity index is 1.16. The molecule has 2 aromatic carbocycles. The molecule has 6 nitrogen and oxygen atoms in total. The lowest BCUT2D eigenvalue weighted by atomic mass is 9.68. The van der Waals surface area contributed by atoms with Gasteiger partial charge in [0.25, 0.3) is 0 Å². The molecule has 6 aliphatic carbocycles. The van der Waals surface area contributed by atoms with Crippen LogP contribution in [0.3, 0.4) is 0 Å². The molecular weight excluding hydrogens is 637 g/mol. The summed E-state index contributed by atoms with van der Waals surface area (Å²) in [7, 11) is 0. The molecule has 10 rings (SSSR count). The summed E-state index contributed by atoms with van der Waals surface area (Å²) >= 11 is 3.34. The van der Waals surface area contributed by atoms with Gasteiger partial charge in [-0.3, -0.25) is 19.2 Å². The molecule has 0 N–H and O–H groups in total. The standard InChI is InChI=1S/C40H30N2O4S2/c43-31-23-13-5-3-11-21(23)25(33(31)45)19-27-41-37-36(48-27)30-29(39(37)15-7-1-8-16-39)35-38(40(30)17-9-2-10-18-40)42-28(47-35)20-26-22-12-4-6-14-24(22)32(44)34(26)46/h3-6,11-14,19-20H,1-2,7-10,15-18H2/b25-19-,26-20-. The summed E-state index contributed by atoms with van der Waals surface area (Å²) in [5.74, 6) is -1.80. The fraction of sp³-hybridized carbons (Fsp3) is 0.300. The second-order valence-corrected chi connectivity index (χ2v) is 16.1. The normalized spacial score (nSPS) is 23.1. The van der Waals surface area contributed by atoms with Crippen LogP contribution in [-0.2, 0) is 20.4 Å². The number of ketones is 4. The first-order valence-electron chi connectivity index (χ1n) is 17.0. The number of aromatic nitrogens is 2. The zero-order valence-corrected chi connectivity index (χ0v) is 27.8. The number of thiazole rings is 2. The summed E-state index contributed by atoms with van der Waals surface area (Å²) < 4.78 is 0. The van der Waals surface area contributed by atoms with Crippen LogP contribution in [-0.4, -0.2) is 33.1 Å². The number of Topliss-reactive ketones (excluding diaryl/α,β-unsaturated/α-hetero) is 4. The molecule has 0 amide bonds. The number of fused-ring (bicyclic) bond motifs is 10. The minimum Gasteiger partial charge on any atom is -0.285 e. The lowest BCUT2D eigenvalue weighted by Gasteiger charge is -2.35. The average molecular weight is 667 g/mol. The zero-order valence-electron chi connectivity index (χ0n) is 26.2. The van der Waals surface area contributed by atoms with E-state index in [1.807, 2.05) is 36.4 Å². The molecule has 2 spiro atoms. The lowest BCUT2D eigenvalue weighted by molar-refractivity contribution is -0.110. The average Bonchev–Trinajstić information content (AvgIpc) is 3.93. The van der Waals surface area contributed by atoms with Crippen LogP contribution in [0, 0.1) is 0 Å². The highest BCUT2D eigenvalue weighted by atomic mass is 32.1. The predicted octanol–water partition coefficient (Wildman–Crippen LogP) is 8.55. The third kappa shape index (κ3) is 3.62. The Morgan fingerprint density at radius 3 is 1.27 bits per heavy atom. The van der Waals surface area contributed by atoms with Gasteiger partial charge in [0.2, 0.25) is 23.1 Å². The molecule has 236 valence electrons. The number of rotatable bonds is 2. The van der Waals surface area contributed by atoms with Gasteiger partial charge in [-0.05, 0) is 60.1 Å². The Morgan fingerprint density at radius 2 is 0.875 bits per heavy atom. The summed E-state index contributed by atoms with van der Waals surface area (Å²) in [4.78, 5) is 65.1. The third-order valence-corrected chi connectivity index (χ3v) is 13.7. The topological polar surface area (TPSA) is 94.1 Å². The van der Waals surface area contributed by atoms with Gasteiger partial charge < -0.3 is 0 Å². The van der Waals surface area contributed by atoms with E-state index in [1.54, 1.807) is 46.9 Å². The van der Waals surface area contributed by atoms with Crippen molar-refractivity contribution in [1.82, 2.24) is 9.97 Å². The molecular formula is C40H30N2O4S2. The molecule has 0 radical (unpaired) electrons. The minimum absolute atomic E-state index is 0.220. The largest absolute Gasteiger partial charge is 0.285 e.